The Balaban J connectivity index is 2.81. The molecule has 1 saturated heterocycles. The lowest BCUT2D eigenvalue weighted by Crippen LogP contribution is -2.67. The Kier molecular flexibility index (Phi) is 4.94. The number of carbonyl (C=O) groups is 2. The topological polar surface area (TPSA) is 69.7 Å². The predicted octanol–water partition coefficient (Wildman–Crippen LogP) is 2.04. The molecule has 20 heavy (non-hydrogen) atoms. The third-order valence-electron chi connectivity index (χ3n) is 3.30. The van der Waals surface area contributed by atoms with Crippen LogP contribution in [0.15, 0.2) is 12.7 Å². The van der Waals surface area contributed by atoms with E-state index in [1.165, 1.54) is 6.92 Å². The largest absolute Gasteiger partial charge is 0.622 e. The van der Waals surface area contributed by atoms with Crippen LogP contribution in [0.4, 0.5) is 4.79 Å². The molecule has 1 aliphatic heterocycles. The minimum atomic E-state index is -1.24. The van der Waals surface area contributed by atoms with Crippen LogP contribution in [0.1, 0.15) is 34.1 Å². The summed E-state index contributed by atoms with van der Waals surface area (Å²) >= 11 is 0. The van der Waals surface area contributed by atoms with E-state index in [9.17, 15) is 14.8 Å². The summed E-state index contributed by atoms with van der Waals surface area (Å²) in [6, 6.07) is -0.969. The van der Waals surface area contributed by atoms with Gasteiger partial charge in [0, 0.05) is 6.54 Å². The maximum Gasteiger partial charge on any atom is 0.517 e. The van der Waals surface area contributed by atoms with Gasteiger partial charge >= 0.3 is 6.09 Å². The predicted molar refractivity (Wildman–Crippen MR) is 75.6 cm³/mol. The number of ether oxygens (including phenoxy) is 1. The Morgan fingerprint density at radius 1 is 1.60 bits per heavy atom. The van der Waals surface area contributed by atoms with Crippen LogP contribution in [-0.4, -0.2) is 52.8 Å². The molecule has 2 amide bonds. The Morgan fingerprint density at radius 3 is 2.70 bits per heavy atom. The van der Waals surface area contributed by atoms with Crippen LogP contribution in [0.3, 0.4) is 0 Å². The second kappa shape index (κ2) is 5.93. The molecule has 6 nitrogen and oxygen atoms in total. The lowest BCUT2D eigenvalue weighted by atomic mass is 10.1. The first-order valence-corrected chi connectivity index (χ1v) is 6.84. The molecule has 114 valence electrons. The molecule has 0 N–H and O–H groups in total. The number of piperazine rings is 1. The Hall–Kier alpha value is -1.40. The number of nitrogens with zero attached hydrogens (tertiary/aromatic N) is 2. The zero-order chi connectivity index (χ0) is 15.6. The molecule has 0 aromatic carbocycles. The van der Waals surface area contributed by atoms with Gasteiger partial charge in [-0.2, -0.15) is 4.79 Å². The highest BCUT2D eigenvalue weighted by Gasteiger charge is 2.46. The van der Waals surface area contributed by atoms with Crippen molar-refractivity contribution < 1.29 is 19.0 Å². The molecule has 2 atom stereocenters. The number of amides is 2. The summed E-state index contributed by atoms with van der Waals surface area (Å²) in [5, 5.41) is 12.7. The summed E-state index contributed by atoms with van der Waals surface area (Å²) in [6.45, 7) is 11.0. The average molecular weight is 284 g/mol. The Labute approximate surface area is 120 Å². The zero-order valence-electron chi connectivity index (χ0n) is 12.7. The fourth-order valence-corrected chi connectivity index (χ4v) is 2.07. The van der Waals surface area contributed by atoms with Crippen molar-refractivity contribution in [2.24, 2.45) is 0 Å². The normalized spacial score (nSPS) is 27.4. The van der Waals surface area contributed by atoms with Gasteiger partial charge in [0.1, 0.15) is 12.1 Å². The number of carbonyl (C=O) groups excluding carboxylic acids is 2. The van der Waals surface area contributed by atoms with Gasteiger partial charge in [-0.25, -0.2) is 4.65 Å². The SMILES string of the molecule is C=CCCN1CC[N+]([O-])(C(=O)OC(C)(C)C)C(C)C1=O. The van der Waals surface area contributed by atoms with E-state index in [2.05, 4.69) is 6.58 Å². The molecule has 0 aliphatic carbocycles. The fraction of sp³-hybridized carbons (Fsp3) is 0.714. The van der Waals surface area contributed by atoms with Crippen LogP contribution in [0.2, 0.25) is 0 Å². The van der Waals surface area contributed by atoms with Gasteiger partial charge < -0.3 is 14.8 Å². The van der Waals surface area contributed by atoms with E-state index in [0.717, 1.165) is 0 Å². The standard InChI is InChI=1S/C14H24N2O4/c1-6-7-8-15-9-10-16(19,11(2)12(15)17)13(18)20-14(3,4)5/h6,11H,1,7-10H2,2-5H3. The number of hydrogen-bond acceptors (Lipinski definition) is 4. The van der Waals surface area contributed by atoms with Crippen molar-refractivity contribution in [2.75, 3.05) is 19.6 Å². The van der Waals surface area contributed by atoms with Crippen LogP contribution in [0, 0.1) is 5.21 Å². The highest BCUT2D eigenvalue weighted by Crippen LogP contribution is 2.24. The first-order valence-electron chi connectivity index (χ1n) is 6.84. The lowest BCUT2D eigenvalue weighted by molar-refractivity contribution is -0.827. The van der Waals surface area contributed by atoms with Crippen molar-refractivity contribution in [3.63, 3.8) is 0 Å². The van der Waals surface area contributed by atoms with Gasteiger partial charge in [0.25, 0.3) is 5.91 Å². The van der Waals surface area contributed by atoms with Crippen LogP contribution >= 0.6 is 0 Å². The summed E-state index contributed by atoms with van der Waals surface area (Å²) in [4.78, 5) is 25.9. The van der Waals surface area contributed by atoms with E-state index in [1.54, 1.807) is 31.7 Å². The first kappa shape index (κ1) is 16.7. The highest BCUT2D eigenvalue weighted by molar-refractivity contribution is 5.83. The molecule has 0 spiro atoms. The molecule has 2 unspecified atom stereocenters. The Bertz CT molecular complexity index is 402. The molecule has 0 aromatic rings. The van der Waals surface area contributed by atoms with Gasteiger partial charge in [-0.15, -0.1) is 6.58 Å². The van der Waals surface area contributed by atoms with Crippen molar-refractivity contribution >= 4 is 12.0 Å². The maximum atomic E-state index is 12.7. The molecule has 1 heterocycles. The van der Waals surface area contributed by atoms with Crippen LogP contribution in [0.5, 0.6) is 0 Å². The van der Waals surface area contributed by atoms with Gasteiger partial charge in [-0.05, 0) is 34.1 Å². The molecular formula is C14H24N2O4. The second-order valence-electron chi connectivity index (χ2n) is 6.08. The third-order valence-corrected chi connectivity index (χ3v) is 3.30. The third kappa shape index (κ3) is 3.58. The zero-order valence-corrected chi connectivity index (χ0v) is 12.7. The fourth-order valence-electron chi connectivity index (χ4n) is 2.07. The van der Waals surface area contributed by atoms with Crippen LogP contribution in [-0.2, 0) is 9.53 Å². The van der Waals surface area contributed by atoms with E-state index >= 15 is 0 Å². The van der Waals surface area contributed by atoms with Gasteiger partial charge in [0.15, 0.2) is 6.04 Å². The monoisotopic (exact) mass is 284 g/mol. The summed E-state index contributed by atoms with van der Waals surface area (Å²) in [5.41, 5.74) is -0.741. The quantitative estimate of drug-likeness (QED) is 0.452. The smallest absolute Gasteiger partial charge is 0.517 e. The minimum absolute atomic E-state index is 0.0267. The van der Waals surface area contributed by atoms with Crippen molar-refractivity contribution in [1.29, 1.82) is 0 Å². The summed E-state index contributed by atoms with van der Waals surface area (Å²) in [7, 11) is 0. The molecule has 0 saturated carbocycles. The molecule has 6 heteroatoms. The van der Waals surface area contributed by atoms with Gasteiger partial charge in [-0.1, -0.05) is 6.08 Å². The van der Waals surface area contributed by atoms with Gasteiger partial charge in [-0.3, -0.25) is 4.79 Å². The minimum Gasteiger partial charge on any atom is -0.622 e. The number of rotatable bonds is 3. The summed E-state index contributed by atoms with van der Waals surface area (Å²) in [5.74, 6) is -0.307. The molecular weight excluding hydrogens is 260 g/mol. The number of quaternary nitrogens is 1. The lowest BCUT2D eigenvalue weighted by Gasteiger charge is -2.48. The van der Waals surface area contributed by atoms with Crippen molar-refractivity contribution in [2.45, 2.75) is 45.8 Å². The molecule has 0 radical (unpaired) electrons. The van der Waals surface area contributed by atoms with Crippen LogP contribution in [0.25, 0.3) is 0 Å². The van der Waals surface area contributed by atoms with E-state index < -0.39 is 22.4 Å². The number of hydrogen-bond donors (Lipinski definition) is 0. The molecule has 1 fully saturated rings. The van der Waals surface area contributed by atoms with Crippen LogP contribution < -0.4 is 0 Å². The van der Waals surface area contributed by atoms with Gasteiger partial charge in [0.2, 0.25) is 0 Å². The summed E-state index contributed by atoms with van der Waals surface area (Å²) < 4.78 is 3.91. The number of hydroxylamine groups is 3. The maximum absolute atomic E-state index is 12.7. The molecule has 1 rings (SSSR count). The van der Waals surface area contributed by atoms with E-state index in [1.807, 2.05) is 0 Å². The van der Waals surface area contributed by atoms with Crippen molar-refractivity contribution in [3.05, 3.63) is 17.9 Å². The molecule has 0 bridgehead atoms. The molecule has 1 aliphatic rings. The first-order chi connectivity index (χ1) is 9.12. The van der Waals surface area contributed by atoms with Crippen molar-refractivity contribution in [3.8, 4) is 0 Å². The highest BCUT2D eigenvalue weighted by atomic mass is 16.7. The van der Waals surface area contributed by atoms with E-state index in [-0.39, 0.29) is 19.0 Å². The van der Waals surface area contributed by atoms with Gasteiger partial charge in [0.05, 0.1) is 6.54 Å². The van der Waals surface area contributed by atoms with E-state index in [4.69, 9.17) is 4.74 Å². The summed E-state index contributed by atoms with van der Waals surface area (Å²) in [6.07, 6.45) is 1.51. The second-order valence-corrected chi connectivity index (χ2v) is 6.08. The Morgan fingerprint density at radius 2 is 2.20 bits per heavy atom. The molecule has 0 aromatic heterocycles. The van der Waals surface area contributed by atoms with Crippen molar-refractivity contribution in [1.82, 2.24) is 4.90 Å². The van der Waals surface area contributed by atoms with E-state index in [0.29, 0.717) is 13.0 Å². The average Bonchev–Trinajstić information content (AvgIpc) is 2.33.